The highest BCUT2D eigenvalue weighted by Crippen LogP contribution is 2.25. The number of carbonyl (C=O) groups is 2. The number of amides is 1. The van der Waals surface area contributed by atoms with Crippen molar-refractivity contribution in [3.8, 4) is 5.75 Å². The first-order chi connectivity index (χ1) is 11.1. The number of hydrogen-bond donors (Lipinski definition) is 1. The van der Waals surface area contributed by atoms with E-state index in [0.29, 0.717) is 15.8 Å². The Hall–Kier alpha value is -2.93. The second-order valence-electron chi connectivity index (χ2n) is 4.73. The van der Waals surface area contributed by atoms with Crippen LogP contribution in [0, 0.1) is 0 Å². The normalized spacial score (nSPS) is 10.5. The van der Waals surface area contributed by atoms with E-state index in [1.807, 2.05) is 0 Å². The average Bonchev–Trinajstić information content (AvgIpc) is 2.86. The summed E-state index contributed by atoms with van der Waals surface area (Å²) in [5.74, 6) is -0.107. The van der Waals surface area contributed by atoms with Crippen molar-refractivity contribution in [2.75, 3.05) is 5.32 Å². The van der Waals surface area contributed by atoms with Gasteiger partial charge in [0.15, 0.2) is 5.75 Å². The van der Waals surface area contributed by atoms with Gasteiger partial charge in [-0.15, -0.1) is 0 Å². The van der Waals surface area contributed by atoms with Crippen molar-refractivity contribution in [3.63, 3.8) is 0 Å². The van der Waals surface area contributed by atoms with Gasteiger partial charge in [0, 0.05) is 6.92 Å². The molecule has 1 aromatic heterocycles. The van der Waals surface area contributed by atoms with E-state index in [-0.39, 0.29) is 11.7 Å². The summed E-state index contributed by atoms with van der Waals surface area (Å²) in [7, 11) is 0. The lowest BCUT2D eigenvalue weighted by Gasteiger charge is -2.09. The highest BCUT2D eigenvalue weighted by molar-refractivity contribution is 7.14. The minimum Gasteiger partial charge on any atom is -0.407 e. The van der Waals surface area contributed by atoms with Crippen LogP contribution >= 0.6 is 11.5 Å². The third kappa shape index (κ3) is 3.00. The number of benzene rings is 2. The minimum atomic E-state index is -0.811. The maximum absolute atomic E-state index is 12.3. The van der Waals surface area contributed by atoms with Crippen LogP contribution in [0.1, 0.15) is 6.92 Å². The molecule has 0 aliphatic rings. The van der Waals surface area contributed by atoms with Crippen molar-refractivity contribution in [2.45, 2.75) is 6.92 Å². The van der Waals surface area contributed by atoms with Crippen LogP contribution < -0.4 is 15.6 Å². The quantitative estimate of drug-likeness (QED) is 0.784. The van der Waals surface area contributed by atoms with Crippen LogP contribution in [-0.4, -0.2) is 16.0 Å². The molecule has 0 atom stereocenters. The second-order valence-corrected chi connectivity index (χ2v) is 5.72. The summed E-state index contributed by atoms with van der Waals surface area (Å²) in [5, 5.41) is 3.03. The number of hydrogen-bond acceptors (Lipinski definition) is 5. The van der Waals surface area contributed by atoms with Crippen LogP contribution in [0.2, 0.25) is 0 Å². The number of nitrogens with one attached hydrogen (secondary N) is 1. The zero-order chi connectivity index (χ0) is 16.4. The molecule has 0 spiro atoms. The lowest BCUT2D eigenvalue weighted by molar-refractivity contribution is -0.114. The molecular weight excluding hydrogens is 316 g/mol. The monoisotopic (exact) mass is 328 g/mol. The molecule has 3 rings (SSSR count). The number of aromatic nitrogens is 1. The van der Waals surface area contributed by atoms with Gasteiger partial charge in [-0.25, -0.2) is 4.79 Å². The number of fused-ring (bicyclic) bond motifs is 1. The van der Waals surface area contributed by atoms with Gasteiger partial charge in [-0.1, -0.05) is 24.3 Å². The first-order valence-electron chi connectivity index (χ1n) is 6.76. The molecule has 0 aliphatic heterocycles. The zero-order valence-corrected chi connectivity index (χ0v) is 12.9. The SMILES string of the molecule is CC(=O)Nc1ccccc1OC(=O)n1sc2ccccc2c1=O. The van der Waals surface area contributed by atoms with Gasteiger partial charge in [0.05, 0.1) is 15.8 Å². The largest absolute Gasteiger partial charge is 0.436 e. The van der Waals surface area contributed by atoms with Gasteiger partial charge >= 0.3 is 6.09 Å². The number of para-hydroxylation sites is 2. The first kappa shape index (κ1) is 15.0. The summed E-state index contributed by atoms with van der Waals surface area (Å²) in [6.07, 6.45) is -0.811. The van der Waals surface area contributed by atoms with Crippen molar-refractivity contribution >= 4 is 39.3 Å². The van der Waals surface area contributed by atoms with Crippen molar-refractivity contribution in [1.82, 2.24) is 3.96 Å². The number of carbonyl (C=O) groups excluding carboxylic acids is 2. The van der Waals surface area contributed by atoms with E-state index >= 15 is 0 Å². The molecule has 116 valence electrons. The smallest absolute Gasteiger partial charge is 0.407 e. The summed E-state index contributed by atoms with van der Waals surface area (Å²) in [4.78, 5) is 35.7. The van der Waals surface area contributed by atoms with Gasteiger partial charge < -0.3 is 10.1 Å². The number of nitrogens with zero attached hydrogens (tertiary/aromatic N) is 1. The Morgan fingerprint density at radius 3 is 2.52 bits per heavy atom. The van der Waals surface area contributed by atoms with E-state index in [1.54, 1.807) is 48.5 Å². The summed E-state index contributed by atoms with van der Waals surface area (Å²) >= 11 is 1.01. The van der Waals surface area contributed by atoms with Crippen LogP contribution in [0.3, 0.4) is 0 Å². The third-order valence-electron chi connectivity index (χ3n) is 3.05. The molecule has 0 unspecified atom stereocenters. The van der Waals surface area contributed by atoms with Gasteiger partial charge in [-0.3, -0.25) is 9.59 Å². The highest BCUT2D eigenvalue weighted by Gasteiger charge is 2.17. The van der Waals surface area contributed by atoms with Crippen molar-refractivity contribution in [1.29, 1.82) is 0 Å². The molecule has 0 saturated heterocycles. The molecule has 1 heterocycles. The maximum Gasteiger partial charge on any atom is 0.436 e. The van der Waals surface area contributed by atoms with E-state index in [9.17, 15) is 14.4 Å². The van der Waals surface area contributed by atoms with Crippen LogP contribution in [0.4, 0.5) is 10.5 Å². The maximum atomic E-state index is 12.3. The Kier molecular flexibility index (Phi) is 3.94. The van der Waals surface area contributed by atoms with Crippen LogP contribution in [0.25, 0.3) is 10.1 Å². The van der Waals surface area contributed by atoms with Gasteiger partial charge in [-0.2, -0.15) is 3.96 Å². The van der Waals surface area contributed by atoms with Crippen LogP contribution in [0.5, 0.6) is 5.75 Å². The molecule has 1 amide bonds. The standard InChI is InChI=1S/C16H12N2O4S/c1-10(19)17-12-7-3-4-8-13(12)22-16(21)18-15(20)11-6-2-5-9-14(11)23-18/h2-9H,1H3,(H,17,19). The van der Waals surface area contributed by atoms with Gasteiger partial charge in [-0.05, 0) is 35.8 Å². The molecular formula is C16H12N2O4S. The number of rotatable bonds is 2. The molecule has 0 radical (unpaired) electrons. The Morgan fingerprint density at radius 2 is 1.78 bits per heavy atom. The van der Waals surface area contributed by atoms with E-state index in [2.05, 4.69) is 5.32 Å². The van der Waals surface area contributed by atoms with Crippen LogP contribution in [0.15, 0.2) is 53.3 Å². The molecule has 2 aromatic carbocycles. The Balaban J connectivity index is 1.94. The lowest BCUT2D eigenvalue weighted by atomic mass is 10.3. The van der Waals surface area contributed by atoms with E-state index in [4.69, 9.17) is 4.74 Å². The zero-order valence-electron chi connectivity index (χ0n) is 12.1. The van der Waals surface area contributed by atoms with Crippen molar-refractivity contribution in [2.24, 2.45) is 0 Å². The van der Waals surface area contributed by atoms with E-state index in [1.165, 1.54) is 6.92 Å². The minimum absolute atomic E-state index is 0.178. The fourth-order valence-electron chi connectivity index (χ4n) is 2.08. The molecule has 7 heteroatoms. The van der Waals surface area contributed by atoms with E-state index in [0.717, 1.165) is 15.5 Å². The molecule has 6 nitrogen and oxygen atoms in total. The lowest BCUT2D eigenvalue weighted by Crippen LogP contribution is -2.25. The Labute approximate surface area is 135 Å². The molecule has 0 fully saturated rings. The Morgan fingerprint density at radius 1 is 1.09 bits per heavy atom. The molecule has 3 aromatic rings. The van der Waals surface area contributed by atoms with Crippen LogP contribution in [-0.2, 0) is 4.79 Å². The fraction of sp³-hybridized carbons (Fsp3) is 0.0625. The van der Waals surface area contributed by atoms with Gasteiger partial charge in [0.2, 0.25) is 5.91 Å². The van der Waals surface area contributed by atoms with E-state index < -0.39 is 11.7 Å². The van der Waals surface area contributed by atoms with Gasteiger partial charge in [0.1, 0.15) is 0 Å². The predicted octanol–water partition coefficient (Wildman–Crippen LogP) is 3.07. The second kappa shape index (κ2) is 6.05. The summed E-state index contributed by atoms with van der Waals surface area (Å²) in [6, 6.07) is 13.5. The topological polar surface area (TPSA) is 77.4 Å². The third-order valence-corrected chi connectivity index (χ3v) is 4.10. The Bertz CT molecular complexity index is 958. The van der Waals surface area contributed by atoms with Gasteiger partial charge in [0.25, 0.3) is 5.56 Å². The molecule has 0 bridgehead atoms. The van der Waals surface area contributed by atoms with Crippen molar-refractivity contribution in [3.05, 3.63) is 58.9 Å². The molecule has 0 aliphatic carbocycles. The predicted molar refractivity (Wildman–Crippen MR) is 88.3 cm³/mol. The summed E-state index contributed by atoms with van der Waals surface area (Å²) in [5.41, 5.74) is -0.0601. The highest BCUT2D eigenvalue weighted by atomic mass is 32.1. The average molecular weight is 328 g/mol. The fourth-order valence-corrected chi connectivity index (χ4v) is 2.96. The van der Waals surface area contributed by atoms with Crippen molar-refractivity contribution < 1.29 is 14.3 Å². The first-order valence-corrected chi connectivity index (χ1v) is 7.53. The number of anilines is 1. The molecule has 1 N–H and O–H groups in total. The molecule has 23 heavy (non-hydrogen) atoms. The summed E-state index contributed by atoms with van der Waals surface area (Å²) in [6.45, 7) is 1.36. The summed E-state index contributed by atoms with van der Waals surface area (Å²) < 4.78 is 6.91. The molecule has 0 saturated carbocycles. The number of ether oxygens (including phenoxy) is 1.